The molecule has 54 heavy (non-hydrogen) atoms. The van der Waals surface area contributed by atoms with Gasteiger partial charge in [0.1, 0.15) is 18.3 Å². The van der Waals surface area contributed by atoms with Gasteiger partial charge in [-0.15, -0.1) is 0 Å². The van der Waals surface area contributed by atoms with Crippen LogP contribution in [-0.4, -0.2) is 0 Å². The van der Waals surface area contributed by atoms with Crippen molar-refractivity contribution in [2.75, 3.05) is 0 Å². The highest BCUT2D eigenvalue weighted by Gasteiger charge is 2.48. The molecule has 1 aromatic rings. The van der Waals surface area contributed by atoms with Crippen molar-refractivity contribution in [3.05, 3.63) is 155 Å². The molecule has 0 aliphatic carbocycles. The molecule has 0 amide bonds. The van der Waals surface area contributed by atoms with Gasteiger partial charge in [0.2, 0.25) is 0 Å². The Morgan fingerprint density at radius 1 is 0.815 bits per heavy atom. The maximum Gasteiger partial charge on any atom is 0.141 e. The van der Waals surface area contributed by atoms with Crippen LogP contribution in [0.5, 0.6) is 0 Å². The Hall–Kier alpha value is -4.18. The van der Waals surface area contributed by atoms with Crippen molar-refractivity contribution in [1.82, 2.24) is 0 Å². The molecule has 0 fully saturated rings. The first-order valence-electron chi connectivity index (χ1n) is 20.7. The van der Waals surface area contributed by atoms with Gasteiger partial charge in [-0.1, -0.05) is 180 Å². The summed E-state index contributed by atoms with van der Waals surface area (Å²) in [6.45, 7) is 36.2. The average molecular weight is 731 g/mol. The van der Waals surface area contributed by atoms with Crippen LogP contribution in [0.3, 0.4) is 0 Å². The topological polar surface area (TPSA) is 18.5 Å². The lowest BCUT2D eigenvalue weighted by Gasteiger charge is -2.48. The van der Waals surface area contributed by atoms with E-state index in [1.54, 1.807) is 6.26 Å². The normalized spacial score (nSPS) is 13.6. The minimum Gasteiger partial charge on any atom is -0.464 e. The van der Waals surface area contributed by atoms with Crippen molar-refractivity contribution in [3.63, 3.8) is 0 Å². The maximum atomic E-state index is 7.04. The van der Waals surface area contributed by atoms with Crippen LogP contribution in [-0.2, 0) is 9.47 Å². The second-order valence-corrected chi connectivity index (χ2v) is 14.8. The minimum absolute atomic E-state index is 0.151. The highest BCUT2D eigenvalue weighted by molar-refractivity contribution is 5.55. The number of allylic oxidation sites excluding steroid dienone is 10. The quantitative estimate of drug-likeness (QED) is 0.0311. The Morgan fingerprint density at radius 2 is 1.48 bits per heavy atom. The molecule has 2 heteroatoms. The molecular weight excluding hydrogens is 657 g/mol. The first-order valence-corrected chi connectivity index (χ1v) is 20.7. The number of rotatable bonds is 26. The van der Waals surface area contributed by atoms with Gasteiger partial charge in [-0.25, -0.2) is 0 Å². The zero-order valence-corrected chi connectivity index (χ0v) is 36.0. The molecule has 2 nitrogen and oxygen atoms in total. The molecule has 0 N–H and O–H groups in total. The standard InChI is InChI=1S/C52H74O2/c1-14-22-26-37-48(46(36-23-15-2)42(9)31-16-3)49(50(47(33-18-5)43(10)32-17-4)54-41-30-25-29-40-53-21-8)52(19-6,20-7)44(11)51(12,13)39-38-45-34-27-24-28-35-45/h21,24,27-28,31,34-41,49H,8,10-11,14-20,22-23,26,32-33H2,1-7,9,12-13H3. The Kier molecular flexibility index (Phi) is 23.5. The molecule has 0 aliphatic rings. The molecule has 0 aromatic heterocycles. The van der Waals surface area contributed by atoms with E-state index in [0.717, 1.165) is 88.4 Å². The van der Waals surface area contributed by atoms with Gasteiger partial charge in [-0.3, -0.25) is 0 Å². The molecule has 0 bridgehead atoms. The number of benzene rings is 1. The molecule has 0 saturated carbocycles. The van der Waals surface area contributed by atoms with E-state index in [-0.39, 0.29) is 16.7 Å². The summed E-state index contributed by atoms with van der Waals surface area (Å²) in [7, 11) is 0. The Morgan fingerprint density at radius 3 is 2.06 bits per heavy atom. The van der Waals surface area contributed by atoms with Gasteiger partial charge in [-0.05, 0) is 102 Å². The number of unbranched alkanes of at least 4 members (excludes halogenated alkanes) is 3. The number of hydrogen-bond acceptors (Lipinski definition) is 2. The van der Waals surface area contributed by atoms with E-state index in [1.165, 1.54) is 46.0 Å². The second kappa shape index (κ2) is 26.6. The largest absolute Gasteiger partial charge is 0.464 e. The van der Waals surface area contributed by atoms with Gasteiger partial charge in [0.25, 0.3) is 0 Å². The minimum atomic E-state index is -0.383. The van der Waals surface area contributed by atoms with Gasteiger partial charge >= 0.3 is 0 Å². The predicted octanol–water partition coefficient (Wildman–Crippen LogP) is 16.4. The first-order chi connectivity index (χ1) is 26.0. The molecule has 0 saturated heterocycles. The Labute approximate surface area is 332 Å². The highest BCUT2D eigenvalue weighted by Crippen LogP contribution is 2.57. The zero-order valence-electron chi connectivity index (χ0n) is 36.0. The van der Waals surface area contributed by atoms with Crippen molar-refractivity contribution in [1.29, 1.82) is 0 Å². The van der Waals surface area contributed by atoms with E-state index >= 15 is 0 Å². The van der Waals surface area contributed by atoms with E-state index in [0.29, 0.717) is 0 Å². The van der Waals surface area contributed by atoms with Gasteiger partial charge in [-0.2, -0.15) is 0 Å². The lowest BCUT2D eigenvalue weighted by molar-refractivity contribution is 0.161. The molecule has 1 unspecified atom stereocenters. The van der Waals surface area contributed by atoms with E-state index < -0.39 is 0 Å². The summed E-state index contributed by atoms with van der Waals surface area (Å²) in [5.41, 5.74) is 16.8. The van der Waals surface area contributed by atoms with Gasteiger partial charge in [0, 0.05) is 10.8 Å². The molecule has 1 aromatic carbocycles. The summed E-state index contributed by atoms with van der Waals surface area (Å²) in [6, 6.07) is 10.6. The summed E-state index contributed by atoms with van der Waals surface area (Å²) in [5.74, 6) is 0.791. The molecule has 0 spiro atoms. The van der Waals surface area contributed by atoms with Crippen LogP contribution in [0.15, 0.2) is 150 Å². The van der Waals surface area contributed by atoms with Crippen LogP contribution in [0.25, 0.3) is 6.08 Å². The molecular formula is C52H74O2. The van der Waals surface area contributed by atoms with Crippen molar-refractivity contribution < 1.29 is 9.47 Å². The molecule has 294 valence electrons. The highest BCUT2D eigenvalue weighted by atomic mass is 16.5. The molecule has 1 rings (SSSR count). The monoisotopic (exact) mass is 731 g/mol. The van der Waals surface area contributed by atoms with Crippen LogP contribution in [0, 0.1) is 16.7 Å². The molecule has 0 aliphatic heterocycles. The Balaban J connectivity index is 4.69. The summed E-state index contributed by atoms with van der Waals surface area (Å²) in [5, 5.41) is 0. The SMILES string of the molecule is C=COC=C=C=C=COC(=C(CCC)C(=C)CCC)C(C(=CCCCC)C(=CCCC)C(C)=CCC)C(CC)(CC)C(=C)C(C)(C)C=Cc1ccccc1. The molecule has 0 radical (unpaired) electrons. The fourth-order valence-electron chi connectivity index (χ4n) is 7.38. The summed E-state index contributed by atoms with van der Waals surface area (Å²) in [6.07, 6.45) is 28.1. The molecule has 0 heterocycles. The fraction of sp³-hybridized carbons (Fsp3) is 0.481. The zero-order chi connectivity index (χ0) is 40.4. The lowest BCUT2D eigenvalue weighted by atomic mass is 9.56. The van der Waals surface area contributed by atoms with E-state index in [9.17, 15) is 0 Å². The van der Waals surface area contributed by atoms with Crippen LogP contribution in [0.4, 0.5) is 0 Å². The van der Waals surface area contributed by atoms with E-state index in [1.807, 2.05) is 0 Å². The van der Waals surface area contributed by atoms with Crippen molar-refractivity contribution >= 4 is 6.08 Å². The van der Waals surface area contributed by atoms with Crippen molar-refractivity contribution in [2.24, 2.45) is 16.7 Å². The maximum absolute atomic E-state index is 7.04. The van der Waals surface area contributed by atoms with Crippen molar-refractivity contribution in [3.8, 4) is 0 Å². The van der Waals surface area contributed by atoms with Crippen LogP contribution < -0.4 is 0 Å². The van der Waals surface area contributed by atoms with E-state index in [2.05, 4.69) is 154 Å². The summed E-state index contributed by atoms with van der Waals surface area (Å²) < 4.78 is 12.1. The van der Waals surface area contributed by atoms with Gasteiger partial charge < -0.3 is 9.47 Å². The predicted molar refractivity (Wildman–Crippen MR) is 238 cm³/mol. The Bertz CT molecular complexity index is 1610. The smallest absolute Gasteiger partial charge is 0.141 e. The number of ether oxygens (including phenoxy) is 2. The lowest BCUT2D eigenvalue weighted by Crippen LogP contribution is -2.40. The average Bonchev–Trinajstić information content (AvgIpc) is 3.17. The molecule has 1 atom stereocenters. The van der Waals surface area contributed by atoms with Crippen LogP contribution in [0.2, 0.25) is 0 Å². The van der Waals surface area contributed by atoms with E-state index in [4.69, 9.17) is 22.6 Å². The van der Waals surface area contributed by atoms with Crippen LogP contribution in [0.1, 0.15) is 152 Å². The fourth-order valence-corrected chi connectivity index (χ4v) is 7.38. The third-order valence-corrected chi connectivity index (χ3v) is 10.5. The van der Waals surface area contributed by atoms with Gasteiger partial charge in [0.15, 0.2) is 0 Å². The third-order valence-electron chi connectivity index (χ3n) is 10.5. The van der Waals surface area contributed by atoms with Crippen LogP contribution >= 0.6 is 0 Å². The van der Waals surface area contributed by atoms with Crippen molar-refractivity contribution in [2.45, 2.75) is 146 Å². The first kappa shape index (κ1) is 47.8. The summed E-state index contributed by atoms with van der Waals surface area (Å²) in [4.78, 5) is 0. The third kappa shape index (κ3) is 14.6. The van der Waals surface area contributed by atoms with Gasteiger partial charge in [0.05, 0.1) is 12.2 Å². The second-order valence-electron chi connectivity index (χ2n) is 14.8. The summed E-state index contributed by atoms with van der Waals surface area (Å²) >= 11 is 0. The number of hydrogen-bond donors (Lipinski definition) is 0.